The highest BCUT2D eigenvalue weighted by atomic mass is 32.2. The van der Waals surface area contributed by atoms with Crippen molar-refractivity contribution in [2.24, 2.45) is 0 Å². The fourth-order valence-electron chi connectivity index (χ4n) is 1.69. The highest BCUT2D eigenvalue weighted by molar-refractivity contribution is 7.89. The van der Waals surface area contributed by atoms with Crippen LogP contribution in [0.15, 0.2) is 23.1 Å². The molecule has 19 heavy (non-hydrogen) atoms. The Labute approximate surface area is 115 Å². The average molecular weight is 286 g/mol. The van der Waals surface area contributed by atoms with Gasteiger partial charge in [0, 0.05) is 13.1 Å². The van der Waals surface area contributed by atoms with Crippen molar-refractivity contribution >= 4 is 10.0 Å². The van der Waals surface area contributed by atoms with Crippen LogP contribution in [-0.4, -0.2) is 47.6 Å². The van der Waals surface area contributed by atoms with Gasteiger partial charge in [0.2, 0.25) is 10.0 Å². The Kier molecular flexibility index (Phi) is 5.78. The Bertz CT molecular complexity index is 513. The van der Waals surface area contributed by atoms with Crippen molar-refractivity contribution in [2.75, 3.05) is 34.3 Å². The smallest absolute Gasteiger partial charge is 0.240 e. The first-order chi connectivity index (χ1) is 8.90. The molecular weight excluding hydrogens is 264 g/mol. The van der Waals surface area contributed by atoms with Gasteiger partial charge < -0.3 is 9.64 Å². The molecule has 0 aliphatic carbocycles. The van der Waals surface area contributed by atoms with E-state index >= 15 is 0 Å². The minimum atomic E-state index is -3.45. The summed E-state index contributed by atoms with van der Waals surface area (Å²) in [5.41, 5.74) is 0.887. The molecule has 0 aliphatic heterocycles. The average Bonchev–Trinajstić information content (AvgIpc) is 2.37. The molecule has 1 rings (SSSR count). The largest absolute Gasteiger partial charge is 0.496 e. The summed E-state index contributed by atoms with van der Waals surface area (Å²) in [6.07, 6.45) is 0.726. The number of aryl methyl sites for hydroxylation is 1. The van der Waals surface area contributed by atoms with Crippen molar-refractivity contribution in [1.82, 2.24) is 9.62 Å². The maximum absolute atomic E-state index is 12.1. The molecule has 0 atom stereocenters. The van der Waals surface area contributed by atoms with Crippen LogP contribution in [0.25, 0.3) is 0 Å². The Morgan fingerprint density at radius 2 is 2.00 bits per heavy atom. The highest BCUT2D eigenvalue weighted by Gasteiger charge is 2.15. The standard InChI is InChI=1S/C13H22N2O3S/c1-5-11-10-12(6-7-13(11)18-4)19(16,17)14-8-9-15(2)3/h6-7,10,14H,5,8-9H2,1-4H3. The van der Waals surface area contributed by atoms with E-state index in [2.05, 4.69) is 4.72 Å². The molecule has 0 bridgehead atoms. The van der Waals surface area contributed by atoms with E-state index in [0.29, 0.717) is 13.1 Å². The zero-order valence-corrected chi connectivity index (χ0v) is 12.8. The molecule has 0 aromatic heterocycles. The van der Waals surface area contributed by atoms with Crippen molar-refractivity contribution in [3.05, 3.63) is 23.8 Å². The predicted molar refractivity (Wildman–Crippen MR) is 76.1 cm³/mol. The van der Waals surface area contributed by atoms with Gasteiger partial charge in [-0.3, -0.25) is 0 Å². The van der Waals surface area contributed by atoms with Gasteiger partial charge in [0.15, 0.2) is 0 Å². The van der Waals surface area contributed by atoms with Crippen LogP contribution in [-0.2, 0) is 16.4 Å². The molecule has 0 radical (unpaired) electrons. The maximum atomic E-state index is 12.1. The van der Waals surface area contributed by atoms with Gasteiger partial charge in [-0.1, -0.05) is 6.92 Å². The van der Waals surface area contributed by atoms with Gasteiger partial charge >= 0.3 is 0 Å². The van der Waals surface area contributed by atoms with Crippen molar-refractivity contribution in [3.63, 3.8) is 0 Å². The molecule has 108 valence electrons. The van der Waals surface area contributed by atoms with Crippen LogP contribution in [0.1, 0.15) is 12.5 Å². The van der Waals surface area contributed by atoms with Crippen molar-refractivity contribution in [3.8, 4) is 5.75 Å². The van der Waals surface area contributed by atoms with Crippen molar-refractivity contribution in [2.45, 2.75) is 18.2 Å². The minimum Gasteiger partial charge on any atom is -0.496 e. The number of likely N-dealkylation sites (N-methyl/N-ethyl adjacent to an activating group) is 1. The molecule has 5 nitrogen and oxygen atoms in total. The Hall–Kier alpha value is -1.11. The fraction of sp³-hybridized carbons (Fsp3) is 0.538. The number of hydrogen-bond donors (Lipinski definition) is 1. The lowest BCUT2D eigenvalue weighted by Crippen LogP contribution is -2.31. The first-order valence-electron chi connectivity index (χ1n) is 6.22. The lowest BCUT2D eigenvalue weighted by Gasteiger charge is -2.12. The van der Waals surface area contributed by atoms with E-state index in [1.54, 1.807) is 25.3 Å². The number of sulfonamides is 1. The van der Waals surface area contributed by atoms with Crippen LogP contribution < -0.4 is 9.46 Å². The summed E-state index contributed by atoms with van der Waals surface area (Å²) in [6, 6.07) is 4.92. The normalized spacial score (nSPS) is 11.8. The van der Waals surface area contributed by atoms with E-state index in [1.807, 2.05) is 25.9 Å². The second kappa shape index (κ2) is 6.88. The van der Waals surface area contributed by atoms with E-state index in [-0.39, 0.29) is 4.90 Å². The molecule has 0 aliphatic rings. The number of ether oxygens (including phenoxy) is 1. The molecule has 0 amide bonds. The van der Waals surface area contributed by atoms with Gasteiger partial charge in [-0.05, 0) is 44.3 Å². The molecule has 1 N–H and O–H groups in total. The summed E-state index contributed by atoms with van der Waals surface area (Å²) in [5, 5.41) is 0. The lowest BCUT2D eigenvalue weighted by atomic mass is 10.1. The van der Waals surface area contributed by atoms with Gasteiger partial charge in [0.25, 0.3) is 0 Å². The predicted octanol–water partition coefficient (Wildman–Crippen LogP) is 1.10. The SMILES string of the molecule is CCc1cc(S(=O)(=O)NCCN(C)C)ccc1OC. The Morgan fingerprint density at radius 1 is 1.32 bits per heavy atom. The highest BCUT2D eigenvalue weighted by Crippen LogP contribution is 2.22. The van der Waals surface area contributed by atoms with Crippen LogP contribution in [0, 0.1) is 0 Å². The van der Waals surface area contributed by atoms with Gasteiger partial charge in [0.05, 0.1) is 12.0 Å². The van der Waals surface area contributed by atoms with E-state index in [4.69, 9.17) is 4.74 Å². The number of benzene rings is 1. The summed E-state index contributed by atoms with van der Waals surface area (Å²) in [6.45, 7) is 3.02. The zero-order valence-electron chi connectivity index (χ0n) is 11.9. The molecule has 0 heterocycles. The minimum absolute atomic E-state index is 0.281. The van der Waals surface area contributed by atoms with Gasteiger partial charge in [-0.15, -0.1) is 0 Å². The van der Waals surface area contributed by atoms with Crippen molar-refractivity contribution < 1.29 is 13.2 Å². The number of methoxy groups -OCH3 is 1. The number of nitrogens with zero attached hydrogens (tertiary/aromatic N) is 1. The third-order valence-corrected chi connectivity index (χ3v) is 4.25. The summed E-state index contributed by atoms with van der Waals surface area (Å²) < 4.78 is 32.0. The molecule has 0 unspecified atom stereocenters. The summed E-state index contributed by atoms with van der Waals surface area (Å²) in [5.74, 6) is 0.717. The lowest BCUT2D eigenvalue weighted by molar-refractivity contribution is 0.409. The summed E-state index contributed by atoms with van der Waals surface area (Å²) >= 11 is 0. The molecule has 0 saturated heterocycles. The van der Waals surface area contributed by atoms with E-state index in [9.17, 15) is 8.42 Å². The van der Waals surface area contributed by atoms with Gasteiger partial charge in [-0.2, -0.15) is 0 Å². The summed E-state index contributed by atoms with van der Waals surface area (Å²) in [7, 11) is 1.93. The Morgan fingerprint density at radius 3 is 2.53 bits per heavy atom. The zero-order chi connectivity index (χ0) is 14.5. The van der Waals surface area contributed by atoms with E-state index < -0.39 is 10.0 Å². The molecule has 1 aromatic rings. The number of nitrogens with one attached hydrogen (secondary N) is 1. The molecule has 1 aromatic carbocycles. The van der Waals surface area contributed by atoms with E-state index in [1.165, 1.54) is 0 Å². The number of rotatable bonds is 7. The van der Waals surface area contributed by atoms with E-state index in [0.717, 1.165) is 17.7 Å². The van der Waals surface area contributed by atoms with Crippen LogP contribution in [0.4, 0.5) is 0 Å². The third kappa shape index (κ3) is 4.49. The first-order valence-corrected chi connectivity index (χ1v) is 7.70. The van der Waals surface area contributed by atoms with Crippen LogP contribution >= 0.6 is 0 Å². The third-order valence-electron chi connectivity index (χ3n) is 2.79. The quantitative estimate of drug-likeness (QED) is 0.815. The summed E-state index contributed by atoms with van der Waals surface area (Å²) in [4.78, 5) is 2.21. The molecular formula is C13H22N2O3S. The fourth-order valence-corrected chi connectivity index (χ4v) is 2.76. The van der Waals surface area contributed by atoms with Crippen molar-refractivity contribution in [1.29, 1.82) is 0 Å². The maximum Gasteiger partial charge on any atom is 0.240 e. The monoisotopic (exact) mass is 286 g/mol. The molecule has 0 fully saturated rings. The molecule has 0 spiro atoms. The first kappa shape index (κ1) is 15.9. The second-order valence-corrected chi connectivity index (χ2v) is 6.30. The van der Waals surface area contributed by atoms with Crippen LogP contribution in [0.3, 0.4) is 0 Å². The van der Waals surface area contributed by atoms with Gasteiger partial charge in [-0.25, -0.2) is 13.1 Å². The van der Waals surface area contributed by atoms with Crippen LogP contribution in [0.2, 0.25) is 0 Å². The Balaban J connectivity index is 2.89. The second-order valence-electron chi connectivity index (χ2n) is 4.53. The van der Waals surface area contributed by atoms with Gasteiger partial charge in [0.1, 0.15) is 5.75 Å². The van der Waals surface area contributed by atoms with Crippen LogP contribution in [0.5, 0.6) is 5.75 Å². The molecule has 6 heteroatoms. The molecule has 0 saturated carbocycles. The topological polar surface area (TPSA) is 58.6 Å². The number of hydrogen-bond acceptors (Lipinski definition) is 4.